The first-order valence-electron chi connectivity index (χ1n) is 6.12. The van der Waals surface area contributed by atoms with Gasteiger partial charge in [0.25, 0.3) is 5.91 Å². The topological polar surface area (TPSA) is 95.5 Å². The maximum Gasteiger partial charge on any atom is 0.328 e. The summed E-state index contributed by atoms with van der Waals surface area (Å²) in [5.41, 5.74) is 0.578. The zero-order valence-corrected chi connectivity index (χ0v) is 11.4. The van der Waals surface area contributed by atoms with Crippen LogP contribution in [-0.2, 0) is 9.59 Å². The van der Waals surface area contributed by atoms with E-state index < -0.39 is 5.97 Å². The maximum absolute atomic E-state index is 12.1. The molecule has 0 radical (unpaired) electrons. The van der Waals surface area contributed by atoms with Crippen LogP contribution in [-0.4, -0.2) is 35.5 Å². The molecule has 20 heavy (non-hydrogen) atoms. The van der Waals surface area contributed by atoms with Gasteiger partial charge < -0.3 is 15.7 Å². The van der Waals surface area contributed by atoms with Gasteiger partial charge in [0.15, 0.2) is 0 Å². The van der Waals surface area contributed by atoms with Crippen molar-refractivity contribution in [1.82, 2.24) is 10.6 Å². The molecule has 0 saturated carbocycles. The predicted octanol–water partition coefficient (Wildman–Crippen LogP) is 0.854. The molecule has 1 aliphatic rings. The van der Waals surface area contributed by atoms with Crippen LogP contribution in [0.25, 0.3) is 6.08 Å². The summed E-state index contributed by atoms with van der Waals surface area (Å²) in [6.07, 6.45) is 3.42. The van der Waals surface area contributed by atoms with Crippen LogP contribution in [0, 0.1) is 0 Å². The molecule has 2 amide bonds. The molecular weight excluding hydrogens is 280 g/mol. The Hall–Kier alpha value is -2.15. The van der Waals surface area contributed by atoms with Gasteiger partial charge in [0, 0.05) is 25.1 Å². The van der Waals surface area contributed by atoms with Crippen molar-refractivity contribution in [3.63, 3.8) is 0 Å². The van der Waals surface area contributed by atoms with Crippen molar-refractivity contribution in [3.8, 4) is 0 Å². The van der Waals surface area contributed by atoms with Gasteiger partial charge in [-0.05, 0) is 29.5 Å². The molecule has 2 rings (SSSR count). The van der Waals surface area contributed by atoms with Gasteiger partial charge in [-0.2, -0.15) is 0 Å². The lowest BCUT2D eigenvalue weighted by Gasteiger charge is -2.23. The summed E-state index contributed by atoms with van der Waals surface area (Å²) in [7, 11) is 0. The summed E-state index contributed by atoms with van der Waals surface area (Å²) < 4.78 is 0. The summed E-state index contributed by atoms with van der Waals surface area (Å²) in [4.78, 5) is 34.1. The van der Waals surface area contributed by atoms with E-state index in [4.69, 9.17) is 5.11 Å². The van der Waals surface area contributed by atoms with Crippen LogP contribution in [0.2, 0.25) is 0 Å². The van der Waals surface area contributed by atoms with Crippen LogP contribution in [0.5, 0.6) is 0 Å². The normalized spacial score (nSPS) is 18.8. The van der Waals surface area contributed by atoms with Crippen molar-refractivity contribution in [2.24, 2.45) is 0 Å². The predicted molar refractivity (Wildman–Crippen MR) is 74.5 cm³/mol. The fourth-order valence-electron chi connectivity index (χ4n) is 1.90. The van der Waals surface area contributed by atoms with Crippen LogP contribution < -0.4 is 10.6 Å². The Morgan fingerprint density at radius 2 is 2.30 bits per heavy atom. The van der Waals surface area contributed by atoms with Gasteiger partial charge in [0.05, 0.1) is 4.88 Å². The number of nitrogens with one attached hydrogen (secondary N) is 2. The van der Waals surface area contributed by atoms with Crippen molar-refractivity contribution in [1.29, 1.82) is 0 Å². The lowest BCUT2D eigenvalue weighted by atomic mass is 10.1. The van der Waals surface area contributed by atoms with Gasteiger partial charge in [-0.1, -0.05) is 0 Å². The molecule has 6 nitrogen and oxygen atoms in total. The molecule has 1 aromatic heterocycles. The molecule has 7 heteroatoms. The molecule has 2 heterocycles. The van der Waals surface area contributed by atoms with Crippen LogP contribution in [0.15, 0.2) is 17.5 Å². The minimum absolute atomic E-state index is 0.00305. The highest BCUT2D eigenvalue weighted by Crippen LogP contribution is 2.19. The Labute approximate surface area is 119 Å². The van der Waals surface area contributed by atoms with E-state index in [1.807, 2.05) is 0 Å². The Morgan fingerprint density at radius 1 is 1.50 bits per heavy atom. The van der Waals surface area contributed by atoms with Crippen molar-refractivity contribution < 1.29 is 19.5 Å². The Balaban J connectivity index is 2.01. The smallest absolute Gasteiger partial charge is 0.328 e. The van der Waals surface area contributed by atoms with Gasteiger partial charge in [0.1, 0.15) is 0 Å². The Kier molecular flexibility index (Phi) is 4.52. The second-order valence-electron chi connectivity index (χ2n) is 4.39. The first-order chi connectivity index (χ1) is 9.56. The fraction of sp³-hybridized carbons (Fsp3) is 0.308. The maximum atomic E-state index is 12.1. The summed E-state index contributed by atoms with van der Waals surface area (Å²) in [6, 6.07) is 1.61. The molecule has 3 N–H and O–H groups in total. The van der Waals surface area contributed by atoms with E-state index in [0.717, 1.165) is 6.08 Å². The molecule has 1 atom stereocenters. The zero-order valence-electron chi connectivity index (χ0n) is 10.6. The molecule has 1 saturated heterocycles. The molecule has 0 aliphatic carbocycles. The number of carboxylic acids is 1. The lowest BCUT2D eigenvalue weighted by molar-refractivity contribution is -0.131. The SMILES string of the molecule is O=C(O)C=Cc1ccsc1C(=O)NC1CCC(=O)NC1. The number of rotatable bonds is 4. The van der Waals surface area contributed by atoms with Gasteiger partial charge in [-0.25, -0.2) is 4.79 Å². The van der Waals surface area contributed by atoms with E-state index in [0.29, 0.717) is 29.8 Å². The van der Waals surface area contributed by atoms with E-state index in [2.05, 4.69) is 10.6 Å². The van der Waals surface area contributed by atoms with Crippen LogP contribution in [0.4, 0.5) is 0 Å². The highest BCUT2D eigenvalue weighted by atomic mass is 32.1. The average molecular weight is 294 g/mol. The molecule has 1 aliphatic heterocycles. The zero-order chi connectivity index (χ0) is 14.5. The van der Waals surface area contributed by atoms with Gasteiger partial charge >= 0.3 is 5.97 Å². The highest BCUT2D eigenvalue weighted by Gasteiger charge is 2.21. The molecular formula is C13H14N2O4S. The second kappa shape index (κ2) is 6.33. The average Bonchev–Trinajstić information content (AvgIpc) is 2.87. The molecule has 106 valence electrons. The van der Waals surface area contributed by atoms with Crippen molar-refractivity contribution in [3.05, 3.63) is 28.0 Å². The number of piperidine rings is 1. The number of hydrogen-bond acceptors (Lipinski definition) is 4. The highest BCUT2D eigenvalue weighted by molar-refractivity contribution is 7.12. The molecule has 1 aromatic rings. The lowest BCUT2D eigenvalue weighted by Crippen LogP contribution is -2.47. The molecule has 0 aromatic carbocycles. The Morgan fingerprint density at radius 3 is 2.95 bits per heavy atom. The van der Waals surface area contributed by atoms with Gasteiger partial charge in [-0.15, -0.1) is 11.3 Å². The van der Waals surface area contributed by atoms with Crippen molar-refractivity contribution in [2.45, 2.75) is 18.9 Å². The van der Waals surface area contributed by atoms with E-state index in [1.54, 1.807) is 11.4 Å². The number of carbonyl (C=O) groups excluding carboxylic acids is 2. The number of carboxylic acid groups (broad SMARTS) is 1. The number of carbonyl (C=O) groups is 3. The van der Waals surface area contributed by atoms with Crippen LogP contribution in [0.3, 0.4) is 0 Å². The van der Waals surface area contributed by atoms with E-state index in [1.165, 1.54) is 17.4 Å². The van der Waals surface area contributed by atoms with Gasteiger partial charge in [0.2, 0.25) is 5.91 Å². The van der Waals surface area contributed by atoms with Crippen LogP contribution in [0.1, 0.15) is 28.1 Å². The summed E-state index contributed by atoms with van der Waals surface area (Å²) in [6.45, 7) is 0.427. The second-order valence-corrected chi connectivity index (χ2v) is 5.31. The monoisotopic (exact) mass is 294 g/mol. The molecule has 1 unspecified atom stereocenters. The largest absolute Gasteiger partial charge is 0.478 e. The quantitative estimate of drug-likeness (QED) is 0.718. The summed E-state index contributed by atoms with van der Waals surface area (Å²) >= 11 is 1.25. The standard InChI is InChI=1S/C13H14N2O4S/c16-10-3-2-9(7-14-10)15-13(19)12-8(5-6-20-12)1-4-11(17)18/h1,4-6,9H,2-3,7H2,(H,14,16)(H,15,19)(H,17,18). The fourth-order valence-corrected chi connectivity index (χ4v) is 2.69. The van der Waals surface area contributed by atoms with E-state index in [-0.39, 0.29) is 17.9 Å². The van der Waals surface area contributed by atoms with Gasteiger partial charge in [-0.3, -0.25) is 9.59 Å². The third-order valence-corrected chi connectivity index (χ3v) is 3.84. The van der Waals surface area contributed by atoms with Crippen molar-refractivity contribution >= 4 is 35.2 Å². The van der Waals surface area contributed by atoms with E-state index >= 15 is 0 Å². The summed E-state index contributed by atoms with van der Waals surface area (Å²) in [5.74, 6) is -1.31. The number of hydrogen-bond donors (Lipinski definition) is 3. The third kappa shape index (κ3) is 3.67. The molecule has 1 fully saturated rings. The van der Waals surface area contributed by atoms with E-state index in [9.17, 15) is 14.4 Å². The first-order valence-corrected chi connectivity index (χ1v) is 7.00. The first kappa shape index (κ1) is 14.3. The minimum atomic E-state index is -1.06. The number of aliphatic carboxylic acids is 1. The molecule has 0 bridgehead atoms. The minimum Gasteiger partial charge on any atom is -0.478 e. The number of thiophene rings is 1. The molecule has 0 spiro atoms. The van der Waals surface area contributed by atoms with Crippen molar-refractivity contribution in [2.75, 3.05) is 6.54 Å². The summed E-state index contributed by atoms with van der Waals surface area (Å²) in [5, 5.41) is 15.9. The number of amides is 2. The Bertz CT molecular complexity index is 554. The van der Waals surface area contributed by atoms with Crippen LogP contribution >= 0.6 is 11.3 Å². The third-order valence-electron chi connectivity index (χ3n) is 2.91.